The number of rotatable bonds is 12. The highest BCUT2D eigenvalue weighted by atomic mass is 32.1. The maximum absolute atomic E-state index is 6.67. The van der Waals surface area contributed by atoms with E-state index in [2.05, 4.69) is 453 Å². The Kier molecular flexibility index (Phi) is 17.3. The molecule has 0 N–H and O–H groups in total. The van der Waals surface area contributed by atoms with Crippen molar-refractivity contribution in [3.8, 4) is 78.1 Å². The lowest BCUT2D eigenvalue weighted by atomic mass is 9.82. The minimum absolute atomic E-state index is 0. The van der Waals surface area contributed by atoms with Gasteiger partial charge in [-0.3, -0.25) is 0 Å². The highest BCUT2D eigenvalue weighted by molar-refractivity contribution is 7.26. The lowest BCUT2D eigenvalue weighted by molar-refractivity contribution is 0.660. The van der Waals surface area contributed by atoms with Gasteiger partial charge in [-0.15, -0.1) is 11.3 Å². The molecule has 0 aliphatic heterocycles. The lowest BCUT2D eigenvalue weighted by Gasteiger charge is -2.28. The predicted octanol–water partition coefficient (Wildman–Crippen LogP) is 32.7. The van der Waals surface area contributed by atoms with Crippen LogP contribution in [0, 0.1) is 0 Å². The lowest BCUT2D eigenvalue weighted by Crippen LogP contribution is -2.16. The van der Waals surface area contributed by atoms with Gasteiger partial charge in [0.1, 0.15) is 11.2 Å². The summed E-state index contributed by atoms with van der Waals surface area (Å²) in [5, 5.41) is 9.80. The van der Waals surface area contributed by atoms with Gasteiger partial charge in [-0.25, -0.2) is 0 Å². The summed E-state index contributed by atoms with van der Waals surface area (Å²) in [6.07, 6.45) is 0. The van der Waals surface area contributed by atoms with E-state index < -0.39 is 0 Å². The zero-order chi connectivity index (χ0) is 79.9. The van der Waals surface area contributed by atoms with Crippen LogP contribution in [0.5, 0.6) is 0 Å². The van der Waals surface area contributed by atoms with Crippen LogP contribution >= 0.6 is 11.3 Å². The molecule has 0 amide bonds. The number of nitrogens with zero attached hydrogens (tertiary/aromatic N) is 4. The number of para-hydroxylation sites is 3. The summed E-state index contributed by atoms with van der Waals surface area (Å²) in [7, 11) is 0. The standard InChI is InChI=1S/C57H40N2O.C57H40N2S.CH4/c2*1-57(2)50-19-11-9-17-45(50)46-31-30-44(36-51(46)57)58(42-26-21-38(22-27-42)37-13-5-3-6-14-37)43-28-23-39(24-29-43)40-25-33-52-49(35-40)55-53(59(52)41-15-7-4-8-16-41)34-32-48-47-18-10-12-20-54(47)60-56(48)55;/h2*3-36H,1-2H3;1H4. The third-order valence-corrected chi connectivity index (χ3v) is 26.8. The van der Waals surface area contributed by atoms with Gasteiger partial charge in [0, 0.05) is 103 Å². The molecule has 24 rings (SSSR count). The summed E-state index contributed by atoms with van der Waals surface area (Å²) in [6, 6.07) is 151. The Morgan fingerprint density at radius 3 is 1.07 bits per heavy atom. The second-order valence-electron chi connectivity index (χ2n) is 33.1. The van der Waals surface area contributed by atoms with Crippen LogP contribution in [0.3, 0.4) is 0 Å². The van der Waals surface area contributed by atoms with Crippen molar-refractivity contribution in [2.45, 2.75) is 46.0 Å². The topological polar surface area (TPSA) is 29.5 Å². The molecule has 576 valence electrons. The van der Waals surface area contributed by atoms with Crippen molar-refractivity contribution in [2.75, 3.05) is 9.80 Å². The molecule has 2 aliphatic carbocycles. The third kappa shape index (κ3) is 11.9. The van der Waals surface area contributed by atoms with Crippen molar-refractivity contribution >= 4 is 131 Å². The number of hydrogen-bond donors (Lipinski definition) is 0. The SMILES string of the molecule is C.CC1(C)c2ccccc2-c2ccc(N(c3ccc(-c4ccccc4)cc3)c3ccc(-c4ccc5c(c4)c4c6oc7ccccc7c6ccc4n5-c4ccccc4)cc3)cc21.CC1(C)c2ccccc2-c2ccc(N(c3ccc(-c4ccccc4)cc3)c3ccc(-c4ccc5c(c4)c4c6sc7ccccc7c6ccc4n5-c4ccccc4)cc3)cc21. The van der Waals surface area contributed by atoms with Crippen molar-refractivity contribution in [1.29, 1.82) is 0 Å². The summed E-state index contributed by atoms with van der Waals surface area (Å²) in [5.74, 6) is 0. The largest absolute Gasteiger partial charge is 0.455 e. The van der Waals surface area contributed by atoms with E-state index in [0.29, 0.717) is 0 Å². The second kappa shape index (κ2) is 28.8. The molecular formula is C115H84N4OS. The number of benzene rings is 18. The van der Waals surface area contributed by atoms with Gasteiger partial charge in [0.15, 0.2) is 0 Å². The first kappa shape index (κ1) is 72.6. The fourth-order valence-corrected chi connectivity index (χ4v) is 20.9. The van der Waals surface area contributed by atoms with Gasteiger partial charge in [-0.05, 0) is 241 Å². The molecule has 18 aromatic carbocycles. The second-order valence-corrected chi connectivity index (χ2v) is 34.1. The molecular weight excluding hydrogens is 1490 g/mol. The van der Waals surface area contributed by atoms with Crippen LogP contribution < -0.4 is 9.80 Å². The van der Waals surface area contributed by atoms with Crippen LogP contribution in [0.2, 0.25) is 0 Å². The molecule has 0 unspecified atom stereocenters. The smallest absolute Gasteiger partial charge is 0.145 e. The Bertz CT molecular complexity index is 7320. The van der Waals surface area contributed by atoms with Gasteiger partial charge in [-0.1, -0.05) is 296 Å². The zero-order valence-corrected chi connectivity index (χ0v) is 67.7. The molecule has 0 fully saturated rings. The predicted molar refractivity (Wildman–Crippen MR) is 515 cm³/mol. The van der Waals surface area contributed by atoms with Crippen molar-refractivity contribution in [2.24, 2.45) is 0 Å². The molecule has 2 aliphatic rings. The number of hydrogen-bond acceptors (Lipinski definition) is 4. The Balaban J connectivity index is 0.000000144. The van der Waals surface area contributed by atoms with E-state index in [1.165, 1.54) is 131 Å². The van der Waals surface area contributed by atoms with Crippen LogP contribution in [0.4, 0.5) is 34.1 Å². The van der Waals surface area contributed by atoms with Crippen molar-refractivity contribution in [1.82, 2.24) is 9.13 Å². The molecule has 0 radical (unpaired) electrons. The van der Waals surface area contributed by atoms with Crippen LogP contribution in [-0.4, -0.2) is 9.13 Å². The Morgan fingerprint density at radius 2 is 0.595 bits per heavy atom. The molecule has 121 heavy (non-hydrogen) atoms. The van der Waals surface area contributed by atoms with E-state index in [1.807, 2.05) is 17.4 Å². The molecule has 6 heteroatoms. The van der Waals surface area contributed by atoms with E-state index in [1.54, 1.807) is 0 Å². The van der Waals surface area contributed by atoms with Gasteiger partial charge >= 0.3 is 0 Å². The summed E-state index contributed by atoms with van der Waals surface area (Å²) in [4.78, 5) is 4.81. The maximum atomic E-state index is 6.67. The number of anilines is 6. The molecule has 0 spiro atoms. The monoisotopic (exact) mass is 1570 g/mol. The van der Waals surface area contributed by atoms with Crippen LogP contribution in [0.25, 0.3) is 164 Å². The summed E-state index contributed by atoms with van der Waals surface area (Å²) < 4.78 is 14.1. The van der Waals surface area contributed by atoms with E-state index in [4.69, 9.17) is 4.42 Å². The van der Waals surface area contributed by atoms with Crippen molar-refractivity contribution in [3.05, 3.63) is 435 Å². The molecule has 5 nitrogen and oxygen atoms in total. The number of aromatic nitrogens is 2. The highest BCUT2D eigenvalue weighted by Gasteiger charge is 2.38. The normalized spacial score (nSPS) is 12.9. The van der Waals surface area contributed by atoms with Gasteiger partial charge in [0.2, 0.25) is 0 Å². The van der Waals surface area contributed by atoms with Gasteiger partial charge in [-0.2, -0.15) is 0 Å². The Morgan fingerprint density at radius 1 is 0.248 bits per heavy atom. The van der Waals surface area contributed by atoms with Crippen LogP contribution in [-0.2, 0) is 10.8 Å². The summed E-state index contributed by atoms with van der Waals surface area (Å²) in [6.45, 7) is 9.41. The first-order valence-corrected chi connectivity index (χ1v) is 42.3. The van der Waals surface area contributed by atoms with Crippen LogP contribution in [0.1, 0.15) is 57.4 Å². The Labute approximate surface area is 708 Å². The average molecular weight is 1570 g/mol. The number of fused-ring (bicyclic) bond motifs is 20. The fourth-order valence-electron chi connectivity index (χ4n) is 19.7. The van der Waals surface area contributed by atoms with Gasteiger partial charge in [0.05, 0.1) is 27.5 Å². The van der Waals surface area contributed by atoms with Gasteiger partial charge in [0.25, 0.3) is 0 Å². The minimum atomic E-state index is -0.106. The molecule has 0 bridgehead atoms. The van der Waals surface area contributed by atoms with Gasteiger partial charge < -0.3 is 23.4 Å². The first-order valence-electron chi connectivity index (χ1n) is 41.5. The molecule has 4 heterocycles. The first-order chi connectivity index (χ1) is 59.0. The van der Waals surface area contributed by atoms with Crippen molar-refractivity contribution < 1.29 is 4.42 Å². The maximum Gasteiger partial charge on any atom is 0.145 e. The third-order valence-electron chi connectivity index (χ3n) is 25.6. The molecule has 0 saturated carbocycles. The zero-order valence-electron chi connectivity index (χ0n) is 66.9. The summed E-state index contributed by atoms with van der Waals surface area (Å²) >= 11 is 1.90. The quantitative estimate of drug-likeness (QED) is 0.122. The highest BCUT2D eigenvalue weighted by Crippen LogP contribution is 2.54. The molecule has 4 aromatic heterocycles. The molecule has 0 atom stereocenters. The Hall–Kier alpha value is -14.8. The number of furan rings is 1. The van der Waals surface area contributed by atoms with E-state index in [-0.39, 0.29) is 18.3 Å². The minimum Gasteiger partial charge on any atom is -0.455 e. The summed E-state index contributed by atoms with van der Waals surface area (Å²) in [5.41, 5.74) is 35.7. The average Bonchev–Trinajstić information content (AvgIpc) is 1.55. The van der Waals surface area contributed by atoms with Crippen LogP contribution in [0.15, 0.2) is 417 Å². The van der Waals surface area contributed by atoms with E-state index in [0.717, 1.165) is 89.3 Å². The van der Waals surface area contributed by atoms with E-state index >= 15 is 0 Å². The molecule has 0 saturated heterocycles. The molecule has 22 aromatic rings. The van der Waals surface area contributed by atoms with Crippen molar-refractivity contribution in [3.63, 3.8) is 0 Å². The van der Waals surface area contributed by atoms with E-state index in [9.17, 15) is 0 Å². The number of thiophene rings is 1. The fraction of sp³-hybridized carbons (Fsp3) is 0.0609.